The lowest BCUT2D eigenvalue weighted by atomic mass is 9.90. The van der Waals surface area contributed by atoms with Gasteiger partial charge >= 0.3 is 0 Å². The van der Waals surface area contributed by atoms with Crippen molar-refractivity contribution in [3.63, 3.8) is 0 Å². The Bertz CT molecular complexity index is 2490. The van der Waals surface area contributed by atoms with E-state index in [-0.39, 0.29) is 74.5 Å². The topological polar surface area (TPSA) is 334 Å². The molecule has 1 saturated heterocycles. The maximum Gasteiger partial charge on any atom is 0.246 e. The van der Waals surface area contributed by atoms with Crippen LogP contribution in [0.15, 0.2) is 0 Å². The molecule has 0 bridgehead atoms. The van der Waals surface area contributed by atoms with Crippen LogP contribution in [0.4, 0.5) is 0 Å². The number of carbonyl (C=O) groups excluding carboxylic acids is 12. The molecule has 0 aromatic heterocycles. The number of amides is 12. The number of carbonyl (C=O) groups is 12. The molecule has 0 aliphatic carbocycles. The number of nitrogens with two attached hydrogens (primary N) is 1. The van der Waals surface area contributed by atoms with Gasteiger partial charge in [0.05, 0.1) is 12.6 Å². The highest BCUT2D eigenvalue weighted by Crippen LogP contribution is 2.26. The van der Waals surface area contributed by atoms with E-state index < -0.39 is 156 Å². The molecule has 0 aromatic carbocycles. The number of hydrogen-bond acceptors (Lipinski definition) is 14. The van der Waals surface area contributed by atoms with Crippen molar-refractivity contribution in [1.29, 1.82) is 0 Å². The first-order valence-corrected chi connectivity index (χ1v) is 33.8. The third-order valence-electron chi connectivity index (χ3n) is 17.6. The highest BCUT2D eigenvalue weighted by Gasteiger charge is 2.46. The molecule has 12 amide bonds. The van der Waals surface area contributed by atoms with Crippen LogP contribution in [0.25, 0.3) is 0 Å². The van der Waals surface area contributed by atoms with Crippen molar-refractivity contribution in [1.82, 2.24) is 60.9 Å². The zero-order valence-corrected chi connectivity index (χ0v) is 60.8. The SMILES string of the molecule is CC[C@@H]1NC(=O)[C@H]([C@H](O)[C@H](C)CCCC(=O)NCCCCCN)N(C)C(=O)[C@H](C(C)C)N(C)C(=O)[C@H](CC(C)C)N(C)C(=O)[C@H](CC(C)C)N(C)C(=O)[C@@H](C)NC(=O)[C@H](C)NC(=O)[C@H](CC(C)C)N(C)C(=O)[C@H](C(C)C)NC(=O)[C@H](CC(C)C)N(C)C(=O)CN(C)C1=O. The second kappa shape index (κ2) is 40.1. The molecule has 0 saturated carbocycles. The Morgan fingerprint density at radius 2 is 0.946 bits per heavy atom. The smallest absolute Gasteiger partial charge is 0.246 e. The standard InChI is InChI=1S/C67H123N13O13/c1-24-47-63(89)74(17)37-53(82)75(18)48(33-38(2)3)60(86)73-54(42(10)11)66(92)76(19)49(34-39(4)5)59(85)70-45(15)58(84)71-46(16)62(88)77(20)50(35-40(6)7)64(90)78(21)51(36-41(8)9)65(91)79(22)55(43(12)13)67(93)80(23)56(61(87)72-47)57(83)44(14)29-28-30-52(81)69-32-27-25-26-31-68/h38-51,54-57,83H,24-37,68H2,1-23H3,(H,69,81)(H,70,85)(H,71,84)(H,72,87)(H,73,86)/t44-,45+,46-,47+,48+,49+,50+,51+,54+,55+,56+,57-/m1/s1. The molecule has 26 heteroatoms. The number of nitrogens with one attached hydrogen (secondary N) is 5. The van der Waals surface area contributed by atoms with E-state index in [1.54, 1.807) is 41.5 Å². The summed E-state index contributed by atoms with van der Waals surface area (Å²) in [4.78, 5) is 183. The molecule has 1 heterocycles. The maximum atomic E-state index is 15.3. The normalized spacial score (nSPS) is 25.5. The van der Waals surface area contributed by atoms with E-state index in [0.29, 0.717) is 19.5 Å². The van der Waals surface area contributed by atoms with Crippen LogP contribution in [0.2, 0.25) is 0 Å². The Kier molecular flexibility index (Phi) is 36.4. The summed E-state index contributed by atoms with van der Waals surface area (Å²) in [5, 5.41) is 26.2. The van der Waals surface area contributed by atoms with Gasteiger partial charge in [0.1, 0.15) is 60.4 Å². The summed E-state index contributed by atoms with van der Waals surface area (Å²) in [6.45, 7) is 28.3. The molecule has 0 unspecified atom stereocenters. The molecular formula is C67H123N13O13. The Balaban J connectivity index is 4.31. The van der Waals surface area contributed by atoms with Gasteiger partial charge in [-0.2, -0.15) is 0 Å². The van der Waals surface area contributed by atoms with Crippen LogP contribution >= 0.6 is 0 Å². The molecule has 12 atom stereocenters. The van der Waals surface area contributed by atoms with Crippen molar-refractivity contribution >= 4 is 70.9 Å². The summed E-state index contributed by atoms with van der Waals surface area (Å²) < 4.78 is 0. The quantitative estimate of drug-likeness (QED) is 0.0767. The maximum absolute atomic E-state index is 15.3. The fourth-order valence-electron chi connectivity index (χ4n) is 11.7. The first kappa shape index (κ1) is 84.6. The summed E-state index contributed by atoms with van der Waals surface area (Å²) in [6.07, 6.45) is 2.02. The highest BCUT2D eigenvalue weighted by atomic mass is 16.3. The molecule has 26 nitrogen and oxygen atoms in total. The zero-order valence-electron chi connectivity index (χ0n) is 60.8. The molecule has 1 fully saturated rings. The van der Waals surface area contributed by atoms with Crippen LogP contribution in [0, 0.1) is 41.4 Å². The molecule has 93 heavy (non-hydrogen) atoms. The number of likely N-dealkylation sites (N-methyl/N-ethyl adjacent to an activating group) is 7. The van der Waals surface area contributed by atoms with Gasteiger partial charge in [0.15, 0.2) is 0 Å². The minimum atomic E-state index is -1.70. The van der Waals surface area contributed by atoms with E-state index in [4.69, 9.17) is 5.73 Å². The molecule has 1 aliphatic heterocycles. The third-order valence-corrected chi connectivity index (χ3v) is 17.6. The third kappa shape index (κ3) is 25.7. The van der Waals surface area contributed by atoms with Crippen LogP contribution in [-0.4, -0.2) is 246 Å². The first-order chi connectivity index (χ1) is 43.1. The zero-order chi connectivity index (χ0) is 71.8. The van der Waals surface area contributed by atoms with Gasteiger partial charge < -0.3 is 71.7 Å². The van der Waals surface area contributed by atoms with Gasteiger partial charge in [-0.05, 0) is 120 Å². The van der Waals surface area contributed by atoms with E-state index >= 15 is 19.2 Å². The van der Waals surface area contributed by atoms with Crippen molar-refractivity contribution in [2.75, 3.05) is 69.0 Å². The average Bonchev–Trinajstić information content (AvgIpc) is 0.817. The minimum Gasteiger partial charge on any atom is -0.390 e. The van der Waals surface area contributed by atoms with E-state index in [1.165, 1.54) is 87.7 Å². The second-order valence-electron chi connectivity index (χ2n) is 28.4. The lowest BCUT2D eigenvalue weighted by Crippen LogP contribution is -2.63. The number of unbranched alkanes of at least 4 members (excludes halogenated alkanes) is 2. The average molecular weight is 1320 g/mol. The van der Waals surface area contributed by atoms with Crippen LogP contribution < -0.4 is 32.3 Å². The van der Waals surface area contributed by atoms with E-state index in [2.05, 4.69) is 26.6 Å². The van der Waals surface area contributed by atoms with Gasteiger partial charge in [0, 0.05) is 62.3 Å². The van der Waals surface area contributed by atoms with Crippen molar-refractivity contribution in [2.45, 2.75) is 248 Å². The highest BCUT2D eigenvalue weighted by molar-refractivity contribution is 5.99. The van der Waals surface area contributed by atoms with Crippen LogP contribution in [0.1, 0.15) is 181 Å². The van der Waals surface area contributed by atoms with Crippen molar-refractivity contribution < 1.29 is 62.6 Å². The fraction of sp³-hybridized carbons (Fsp3) is 0.821. The molecule has 0 spiro atoms. The Hall–Kier alpha value is -6.44. The predicted molar refractivity (Wildman–Crippen MR) is 359 cm³/mol. The summed E-state index contributed by atoms with van der Waals surface area (Å²) in [7, 11) is 9.82. The van der Waals surface area contributed by atoms with Crippen molar-refractivity contribution in [3.8, 4) is 0 Å². The van der Waals surface area contributed by atoms with Gasteiger partial charge in [-0.1, -0.05) is 103 Å². The lowest BCUT2D eigenvalue weighted by molar-refractivity contribution is -0.157. The van der Waals surface area contributed by atoms with Crippen LogP contribution in [0.5, 0.6) is 0 Å². The number of aliphatic hydroxyl groups excluding tert-OH is 1. The molecule has 0 radical (unpaired) electrons. The first-order valence-electron chi connectivity index (χ1n) is 33.8. The van der Waals surface area contributed by atoms with Gasteiger partial charge in [0.25, 0.3) is 0 Å². The molecule has 0 aromatic rings. The summed E-state index contributed by atoms with van der Waals surface area (Å²) >= 11 is 0. The van der Waals surface area contributed by atoms with Gasteiger partial charge in [-0.15, -0.1) is 0 Å². The molecule has 1 aliphatic rings. The minimum absolute atomic E-state index is 0.0161. The number of aliphatic hydroxyl groups is 1. The fourth-order valence-corrected chi connectivity index (χ4v) is 11.7. The number of hydrogen-bond donors (Lipinski definition) is 7. The summed E-state index contributed by atoms with van der Waals surface area (Å²) in [6, 6.07) is -12.7. The Labute approximate surface area is 556 Å². The second-order valence-corrected chi connectivity index (χ2v) is 28.4. The summed E-state index contributed by atoms with van der Waals surface area (Å²) in [5.74, 6) is -10.4. The number of nitrogens with zero attached hydrogens (tertiary/aromatic N) is 7. The molecular weight excluding hydrogens is 1190 g/mol. The van der Waals surface area contributed by atoms with Crippen molar-refractivity contribution in [2.24, 2.45) is 47.2 Å². The van der Waals surface area contributed by atoms with E-state index in [1.807, 2.05) is 55.4 Å². The Morgan fingerprint density at radius 1 is 0.495 bits per heavy atom. The van der Waals surface area contributed by atoms with Gasteiger partial charge in [-0.25, -0.2) is 0 Å². The molecule has 534 valence electrons. The van der Waals surface area contributed by atoms with Crippen LogP contribution in [-0.2, 0) is 57.5 Å². The van der Waals surface area contributed by atoms with E-state index in [0.717, 1.165) is 29.1 Å². The molecule has 8 N–H and O–H groups in total. The monoisotopic (exact) mass is 1320 g/mol. The van der Waals surface area contributed by atoms with Gasteiger partial charge in [0.2, 0.25) is 70.9 Å². The van der Waals surface area contributed by atoms with Crippen molar-refractivity contribution in [3.05, 3.63) is 0 Å². The lowest BCUT2D eigenvalue weighted by Gasteiger charge is -2.41. The predicted octanol–water partition coefficient (Wildman–Crippen LogP) is 2.72. The largest absolute Gasteiger partial charge is 0.390 e. The molecule has 1 rings (SSSR count). The Morgan fingerprint density at radius 3 is 1.43 bits per heavy atom. The van der Waals surface area contributed by atoms with Crippen LogP contribution in [0.3, 0.4) is 0 Å². The van der Waals surface area contributed by atoms with Gasteiger partial charge in [-0.3, -0.25) is 57.5 Å². The van der Waals surface area contributed by atoms with E-state index in [9.17, 15) is 43.5 Å². The number of rotatable bonds is 22. The summed E-state index contributed by atoms with van der Waals surface area (Å²) in [5.41, 5.74) is 5.61.